The van der Waals surface area contributed by atoms with Crippen LogP contribution in [0.5, 0.6) is 0 Å². The summed E-state index contributed by atoms with van der Waals surface area (Å²) in [6, 6.07) is 10.5. The highest BCUT2D eigenvalue weighted by molar-refractivity contribution is 5.87. The molecule has 8 heteroatoms. The second-order valence-corrected chi connectivity index (χ2v) is 12.9. The van der Waals surface area contributed by atoms with Gasteiger partial charge in [0.15, 0.2) is 0 Å². The number of aliphatic hydroxyl groups is 1. The molecule has 3 N–H and O–H groups in total. The molecule has 0 radical (unpaired) electrons. The van der Waals surface area contributed by atoms with E-state index in [2.05, 4.69) is 55.7 Å². The monoisotopic (exact) mass is 569 g/mol. The van der Waals surface area contributed by atoms with E-state index < -0.39 is 29.8 Å². The number of rotatable bonds is 9. The van der Waals surface area contributed by atoms with Crippen LogP contribution >= 0.6 is 0 Å². The van der Waals surface area contributed by atoms with Crippen LogP contribution in [-0.4, -0.2) is 53.1 Å². The minimum absolute atomic E-state index is 0.00498. The van der Waals surface area contributed by atoms with Crippen LogP contribution < -0.4 is 10.6 Å². The Morgan fingerprint density at radius 1 is 1.05 bits per heavy atom. The van der Waals surface area contributed by atoms with E-state index in [1.165, 1.54) is 35.1 Å². The number of nitrogens with zero attached hydrogens (tertiary/aromatic N) is 1. The predicted molar refractivity (Wildman–Crippen MR) is 156 cm³/mol. The fraction of sp³-hybridized carbons (Fsp3) is 0.576. The largest absolute Gasteiger partial charge is 0.390 e. The first kappa shape index (κ1) is 31.1. The summed E-state index contributed by atoms with van der Waals surface area (Å²) >= 11 is 0. The number of benzene rings is 2. The van der Waals surface area contributed by atoms with Crippen LogP contribution in [0.4, 0.5) is 8.78 Å². The van der Waals surface area contributed by atoms with Crippen LogP contribution in [0, 0.1) is 11.6 Å². The van der Waals surface area contributed by atoms with Crippen LogP contribution in [-0.2, 0) is 27.0 Å². The van der Waals surface area contributed by atoms with Crippen LogP contribution in [0.1, 0.15) is 89.3 Å². The maximum Gasteiger partial charge on any atom is 0.243 e. The van der Waals surface area contributed by atoms with Crippen molar-refractivity contribution in [3.63, 3.8) is 0 Å². The molecule has 224 valence electrons. The maximum atomic E-state index is 14.0. The van der Waals surface area contributed by atoms with Gasteiger partial charge in [-0.05, 0) is 66.3 Å². The van der Waals surface area contributed by atoms with Crippen LogP contribution in [0.3, 0.4) is 0 Å². The summed E-state index contributed by atoms with van der Waals surface area (Å²) in [5, 5.41) is 18.1. The topological polar surface area (TPSA) is 81.7 Å². The fourth-order valence-electron chi connectivity index (χ4n) is 6.41. The van der Waals surface area contributed by atoms with Gasteiger partial charge >= 0.3 is 0 Å². The number of amides is 2. The molecule has 0 aromatic heterocycles. The van der Waals surface area contributed by atoms with E-state index in [-0.39, 0.29) is 35.7 Å². The maximum absolute atomic E-state index is 14.0. The molecule has 2 aromatic rings. The molecule has 4 rings (SSSR count). The molecule has 1 heterocycles. The minimum atomic E-state index is -1.04. The van der Waals surface area contributed by atoms with Gasteiger partial charge in [0.1, 0.15) is 17.7 Å². The lowest BCUT2D eigenvalue weighted by molar-refractivity contribution is -0.137. The van der Waals surface area contributed by atoms with Gasteiger partial charge in [-0.2, -0.15) is 0 Å². The van der Waals surface area contributed by atoms with Gasteiger partial charge in [0.25, 0.3) is 0 Å². The van der Waals surface area contributed by atoms with Crippen molar-refractivity contribution in [1.29, 1.82) is 0 Å². The third-order valence-corrected chi connectivity index (χ3v) is 8.77. The molecule has 1 aliphatic carbocycles. The van der Waals surface area contributed by atoms with Gasteiger partial charge < -0.3 is 20.6 Å². The molecule has 0 bridgehead atoms. The van der Waals surface area contributed by atoms with Crippen molar-refractivity contribution in [2.45, 2.75) is 108 Å². The average Bonchev–Trinajstić information content (AvgIpc) is 3.42. The highest BCUT2D eigenvalue weighted by Gasteiger charge is 2.37. The fourth-order valence-corrected chi connectivity index (χ4v) is 6.41. The first-order chi connectivity index (χ1) is 19.4. The zero-order valence-corrected chi connectivity index (χ0v) is 24.8. The van der Waals surface area contributed by atoms with E-state index in [1.54, 1.807) is 0 Å². The van der Waals surface area contributed by atoms with E-state index in [0.29, 0.717) is 18.5 Å². The lowest BCUT2D eigenvalue weighted by Gasteiger charge is -2.41. The molecule has 2 fully saturated rings. The number of hydrogen-bond donors (Lipinski definition) is 3. The van der Waals surface area contributed by atoms with Crippen LogP contribution in [0.2, 0.25) is 0 Å². The molecule has 2 aromatic carbocycles. The molecular formula is C33H45F2N3O3. The molecule has 3 atom stereocenters. The smallest absolute Gasteiger partial charge is 0.243 e. The first-order valence-corrected chi connectivity index (χ1v) is 14.9. The highest BCUT2D eigenvalue weighted by atomic mass is 19.1. The summed E-state index contributed by atoms with van der Waals surface area (Å²) < 4.78 is 28.1. The Kier molecular flexibility index (Phi) is 9.85. The summed E-state index contributed by atoms with van der Waals surface area (Å²) in [6.45, 7) is 8.71. The van der Waals surface area contributed by atoms with Gasteiger partial charge in [0.05, 0.1) is 12.1 Å². The molecule has 1 saturated heterocycles. The second-order valence-electron chi connectivity index (χ2n) is 12.9. The zero-order valence-electron chi connectivity index (χ0n) is 24.8. The van der Waals surface area contributed by atoms with Crippen molar-refractivity contribution in [2.75, 3.05) is 13.1 Å². The van der Waals surface area contributed by atoms with Gasteiger partial charge in [-0.25, -0.2) is 8.78 Å². The Morgan fingerprint density at radius 2 is 1.73 bits per heavy atom. The zero-order chi connectivity index (χ0) is 29.8. The molecular weight excluding hydrogens is 524 g/mol. The molecule has 0 spiro atoms. The van der Waals surface area contributed by atoms with E-state index in [1.807, 2.05) is 0 Å². The summed E-state index contributed by atoms with van der Waals surface area (Å²) in [7, 11) is 0. The lowest BCUT2D eigenvalue weighted by Crippen LogP contribution is -2.56. The predicted octanol–water partition coefficient (Wildman–Crippen LogP) is 5.11. The minimum Gasteiger partial charge on any atom is -0.390 e. The van der Waals surface area contributed by atoms with Crippen molar-refractivity contribution >= 4 is 11.8 Å². The van der Waals surface area contributed by atoms with Crippen molar-refractivity contribution in [3.05, 3.63) is 70.8 Å². The van der Waals surface area contributed by atoms with Crippen LogP contribution in [0.25, 0.3) is 0 Å². The average molecular weight is 570 g/mol. The molecule has 1 aliphatic heterocycles. The van der Waals surface area contributed by atoms with E-state index >= 15 is 0 Å². The quantitative estimate of drug-likeness (QED) is 0.392. The Bertz CT molecular complexity index is 1200. The number of likely N-dealkylation sites (tertiary alicyclic amines) is 1. The van der Waals surface area contributed by atoms with Gasteiger partial charge in [0.2, 0.25) is 11.8 Å². The van der Waals surface area contributed by atoms with Crippen molar-refractivity contribution in [3.8, 4) is 0 Å². The van der Waals surface area contributed by atoms with E-state index in [4.69, 9.17) is 0 Å². The Hall–Kier alpha value is -2.84. The van der Waals surface area contributed by atoms with Gasteiger partial charge in [-0.1, -0.05) is 64.3 Å². The van der Waals surface area contributed by atoms with Gasteiger partial charge in [-0.3, -0.25) is 9.59 Å². The van der Waals surface area contributed by atoms with E-state index in [0.717, 1.165) is 44.6 Å². The van der Waals surface area contributed by atoms with Gasteiger partial charge in [0, 0.05) is 31.6 Å². The number of carbonyl (C=O) groups excluding carboxylic acids is 2. The first-order valence-electron chi connectivity index (χ1n) is 14.9. The molecule has 2 aliphatic rings. The summed E-state index contributed by atoms with van der Waals surface area (Å²) in [5.74, 6) is -1.96. The SMILES string of the molecule is CC(=O)N1CCCC1C(=O)NC(Cc1cc(F)cc(F)c1)C(O)CNC1(c2cccc(C(C)(C)C)c2)CCCCC1. The normalized spacial score (nSPS) is 20.5. The Balaban J connectivity index is 1.57. The van der Waals surface area contributed by atoms with Crippen molar-refractivity contribution in [1.82, 2.24) is 15.5 Å². The van der Waals surface area contributed by atoms with E-state index in [9.17, 15) is 23.5 Å². The number of aliphatic hydroxyl groups excluding tert-OH is 1. The number of nitrogens with one attached hydrogen (secondary N) is 2. The summed E-state index contributed by atoms with van der Waals surface area (Å²) in [6.07, 6.45) is 5.39. The summed E-state index contributed by atoms with van der Waals surface area (Å²) in [5.41, 5.74) is 2.44. The standard InChI is InChI=1S/C33H45F2N3O3/c1-22(39)38-15-9-12-29(38)31(41)37-28(18-23-16-26(34)20-27(35)17-23)30(40)21-36-33(13-6-5-7-14-33)25-11-8-10-24(19-25)32(2,3)4/h8,10-11,16-17,19-20,28-30,36,40H,5-7,9,12-15,18,21H2,1-4H3,(H,37,41). The number of hydrogen-bond acceptors (Lipinski definition) is 4. The van der Waals surface area contributed by atoms with Crippen molar-refractivity contribution < 1.29 is 23.5 Å². The molecule has 3 unspecified atom stereocenters. The second kappa shape index (κ2) is 13.0. The molecule has 1 saturated carbocycles. The Morgan fingerprint density at radius 3 is 2.37 bits per heavy atom. The third-order valence-electron chi connectivity index (χ3n) is 8.77. The van der Waals surface area contributed by atoms with Crippen LogP contribution in [0.15, 0.2) is 42.5 Å². The van der Waals surface area contributed by atoms with Gasteiger partial charge in [-0.15, -0.1) is 0 Å². The Labute approximate surface area is 242 Å². The number of halogens is 2. The lowest BCUT2D eigenvalue weighted by atomic mass is 9.74. The highest BCUT2D eigenvalue weighted by Crippen LogP contribution is 2.38. The summed E-state index contributed by atoms with van der Waals surface area (Å²) in [4.78, 5) is 27.0. The molecule has 6 nitrogen and oxygen atoms in total. The third kappa shape index (κ3) is 7.72. The molecule has 2 amide bonds. The van der Waals surface area contributed by atoms with Crippen molar-refractivity contribution in [2.24, 2.45) is 0 Å². The molecule has 41 heavy (non-hydrogen) atoms. The number of carbonyl (C=O) groups is 2.